The van der Waals surface area contributed by atoms with E-state index in [-0.39, 0.29) is 0 Å². The van der Waals surface area contributed by atoms with E-state index in [1.54, 1.807) is 0 Å². The van der Waals surface area contributed by atoms with E-state index in [0.717, 1.165) is 0 Å². The van der Waals surface area contributed by atoms with Crippen LogP contribution < -0.4 is 0 Å². The highest BCUT2D eigenvalue weighted by molar-refractivity contribution is 6.11. The monoisotopic (exact) mass is 94.0 g/mol. The molecule has 0 fully saturated rings. The van der Waals surface area contributed by atoms with Crippen molar-refractivity contribution in [1.29, 1.82) is 0 Å². The molecule has 0 rings (SSSR count). The Balaban J connectivity index is 2.99. The molecule has 1 atom stereocenters. The lowest BCUT2D eigenvalue weighted by Gasteiger charge is -1.93. The minimum Gasteiger partial charge on any atom is -0.252 e. The van der Waals surface area contributed by atoms with Crippen molar-refractivity contribution in [3.8, 4) is 0 Å². The summed E-state index contributed by atoms with van der Waals surface area (Å²) in [5.41, 5.74) is 0. The third-order valence-electron chi connectivity index (χ3n) is 0.241. The minimum absolute atomic E-state index is 2.48. The number of rotatable bonds is 1. The van der Waals surface area contributed by atoms with Gasteiger partial charge in [0.15, 0.2) is 0 Å². The normalized spacial score (nSPS) is 15.3. The summed E-state index contributed by atoms with van der Waals surface area (Å²) in [6.07, 6.45) is -5.52. The lowest BCUT2D eigenvalue weighted by atomic mass is 10.0. The zero-order chi connectivity index (χ0) is 5.15. The minimum atomic E-state index is -3.04. The fourth-order valence-electron chi connectivity index (χ4n) is 0. The van der Waals surface area contributed by atoms with E-state index in [0.29, 0.717) is 0 Å². The number of alkyl halides is 3. The molecule has 0 aromatic rings. The molecule has 0 saturated heterocycles. The quantitative estimate of drug-likeness (QED) is 0.420. The van der Waals surface area contributed by atoms with E-state index < -0.39 is 12.5 Å². The van der Waals surface area contributed by atoms with E-state index >= 15 is 0 Å². The maximum atomic E-state index is 10.9. The second kappa shape index (κ2) is 2.10. The van der Waals surface area contributed by atoms with Crippen LogP contribution in [-0.2, 0) is 0 Å². The highest BCUT2D eigenvalue weighted by atomic mass is 19.3. The molecule has 34 valence electrons. The average Bonchev–Trinajstić information content (AvgIpc) is 1.36. The first-order valence-corrected chi connectivity index (χ1v) is 1.32. The zero-order valence-corrected chi connectivity index (χ0v) is 2.87. The number of halogens is 3. The van der Waals surface area contributed by atoms with Gasteiger partial charge in [-0.25, -0.2) is 8.78 Å². The second-order valence-electron chi connectivity index (χ2n) is 0.779. The number of hydrogen-bond acceptors (Lipinski definition) is 0. The van der Waals surface area contributed by atoms with Gasteiger partial charge in [0, 0.05) is 0 Å². The average molecular weight is 93.8 g/mol. The van der Waals surface area contributed by atoms with Crippen LogP contribution in [0.2, 0.25) is 0 Å². The molecule has 0 aliphatic carbocycles. The van der Waals surface area contributed by atoms with E-state index in [1.807, 2.05) is 0 Å². The molecule has 0 spiro atoms. The van der Waals surface area contributed by atoms with Gasteiger partial charge >= 0.3 is 0 Å². The Labute approximate surface area is 34.8 Å². The molecule has 1 unspecified atom stereocenters. The Kier molecular flexibility index (Phi) is 2.05. The van der Waals surface area contributed by atoms with Crippen molar-refractivity contribution >= 4 is 7.85 Å². The Bertz CT molecular complexity index is 29.8. The van der Waals surface area contributed by atoms with Crippen LogP contribution in [0.4, 0.5) is 13.2 Å². The van der Waals surface area contributed by atoms with E-state index in [1.165, 1.54) is 0 Å². The molecule has 0 aromatic carbocycles. The first-order chi connectivity index (χ1) is 2.64. The molecule has 0 aliphatic heterocycles. The summed E-state index contributed by atoms with van der Waals surface area (Å²) in [5.74, 6) is 0. The SMILES string of the molecule is [B]C(F)C(F)F. The molecular weight excluding hydrogens is 91.8 g/mol. The maximum absolute atomic E-state index is 10.9. The molecule has 0 amide bonds. The number of hydrogen-bond donors (Lipinski definition) is 0. The summed E-state index contributed by atoms with van der Waals surface area (Å²) < 4.78 is 32.2. The summed E-state index contributed by atoms with van der Waals surface area (Å²) in [4.78, 5) is 0. The summed E-state index contributed by atoms with van der Waals surface area (Å²) in [6.45, 7) is 0. The largest absolute Gasteiger partial charge is 0.260 e. The van der Waals surface area contributed by atoms with Gasteiger partial charge in [-0.1, -0.05) is 0 Å². The van der Waals surface area contributed by atoms with Crippen LogP contribution in [0.15, 0.2) is 0 Å². The molecule has 0 nitrogen and oxygen atoms in total. The molecular formula is C2H2BF3. The van der Waals surface area contributed by atoms with Crippen molar-refractivity contribution in [3.05, 3.63) is 0 Å². The highest BCUT2D eigenvalue weighted by Crippen LogP contribution is 1.98. The van der Waals surface area contributed by atoms with Crippen LogP contribution in [0.3, 0.4) is 0 Å². The van der Waals surface area contributed by atoms with Gasteiger partial charge in [-0.3, -0.25) is 4.39 Å². The van der Waals surface area contributed by atoms with E-state index in [2.05, 4.69) is 7.85 Å². The summed E-state index contributed by atoms with van der Waals surface area (Å²) >= 11 is 0. The van der Waals surface area contributed by atoms with E-state index in [9.17, 15) is 13.2 Å². The van der Waals surface area contributed by atoms with Crippen LogP contribution in [0.25, 0.3) is 0 Å². The fourth-order valence-corrected chi connectivity index (χ4v) is 0. The van der Waals surface area contributed by atoms with Gasteiger partial charge in [0.2, 0.25) is 0 Å². The molecule has 0 N–H and O–H groups in total. The smallest absolute Gasteiger partial charge is 0.252 e. The molecule has 0 bridgehead atoms. The second-order valence-corrected chi connectivity index (χ2v) is 0.779. The molecule has 0 aliphatic rings. The van der Waals surface area contributed by atoms with Gasteiger partial charge in [0.25, 0.3) is 6.43 Å². The van der Waals surface area contributed by atoms with Crippen molar-refractivity contribution in [2.75, 3.05) is 0 Å². The Hall–Kier alpha value is -0.145. The van der Waals surface area contributed by atoms with Crippen molar-refractivity contribution in [1.82, 2.24) is 0 Å². The first-order valence-electron chi connectivity index (χ1n) is 1.32. The topological polar surface area (TPSA) is 0 Å². The summed E-state index contributed by atoms with van der Waals surface area (Å²) in [7, 11) is 4.02. The van der Waals surface area contributed by atoms with Crippen molar-refractivity contribution in [2.24, 2.45) is 0 Å². The Morgan fingerprint density at radius 3 is 1.33 bits per heavy atom. The third-order valence-corrected chi connectivity index (χ3v) is 0.241. The van der Waals surface area contributed by atoms with Crippen LogP contribution in [0.5, 0.6) is 0 Å². The van der Waals surface area contributed by atoms with Gasteiger partial charge in [0.1, 0.15) is 13.9 Å². The Morgan fingerprint density at radius 2 is 1.33 bits per heavy atom. The van der Waals surface area contributed by atoms with Crippen molar-refractivity contribution < 1.29 is 13.2 Å². The van der Waals surface area contributed by atoms with Gasteiger partial charge in [-0.05, 0) is 0 Å². The highest BCUT2D eigenvalue weighted by Gasteiger charge is 2.09. The maximum Gasteiger partial charge on any atom is 0.260 e. The summed E-state index contributed by atoms with van der Waals surface area (Å²) in [5, 5.41) is 0. The van der Waals surface area contributed by atoms with Gasteiger partial charge < -0.3 is 0 Å². The molecule has 6 heavy (non-hydrogen) atoms. The molecule has 0 aromatic heterocycles. The van der Waals surface area contributed by atoms with Crippen LogP contribution in [0.1, 0.15) is 0 Å². The lowest BCUT2D eigenvalue weighted by Crippen LogP contribution is -2.10. The van der Waals surface area contributed by atoms with Crippen molar-refractivity contribution in [3.63, 3.8) is 0 Å². The standard InChI is InChI=1S/C2H2BF3/c3-1(4)2(5)6/h1-2H. The van der Waals surface area contributed by atoms with Gasteiger partial charge in [-0.2, -0.15) is 0 Å². The third kappa shape index (κ3) is 2.11. The zero-order valence-electron chi connectivity index (χ0n) is 2.87. The Morgan fingerprint density at radius 1 is 1.17 bits per heavy atom. The van der Waals surface area contributed by atoms with E-state index in [4.69, 9.17) is 0 Å². The fraction of sp³-hybridized carbons (Fsp3) is 1.00. The predicted octanol–water partition coefficient (Wildman–Crippen LogP) is 0.716. The molecule has 0 saturated carbocycles. The molecule has 2 radical (unpaired) electrons. The van der Waals surface area contributed by atoms with Crippen LogP contribution >= 0.6 is 0 Å². The lowest BCUT2D eigenvalue weighted by molar-refractivity contribution is 0.0913. The van der Waals surface area contributed by atoms with Gasteiger partial charge in [-0.15, -0.1) is 0 Å². The first kappa shape index (κ1) is 5.85. The molecule has 0 heterocycles. The predicted molar refractivity (Wildman–Crippen MR) is 16.7 cm³/mol. The van der Waals surface area contributed by atoms with Crippen LogP contribution in [0, 0.1) is 0 Å². The molecule has 4 heteroatoms. The van der Waals surface area contributed by atoms with Crippen LogP contribution in [-0.4, -0.2) is 20.3 Å². The van der Waals surface area contributed by atoms with Gasteiger partial charge in [0.05, 0.1) is 0 Å². The summed E-state index contributed by atoms with van der Waals surface area (Å²) in [6, 6.07) is 0. The van der Waals surface area contributed by atoms with Crippen molar-refractivity contribution in [2.45, 2.75) is 12.5 Å².